The Morgan fingerprint density at radius 3 is 2.68 bits per heavy atom. The number of hydrogen-bond donors (Lipinski definition) is 3. The first-order valence-electron chi connectivity index (χ1n) is 5.65. The summed E-state index contributed by atoms with van der Waals surface area (Å²) in [7, 11) is -3.59. The third kappa shape index (κ3) is 5.46. The van der Waals surface area contributed by atoms with Crippen LogP contribution >= 0.6 is 11.6 Å². The summed E-state index contributed by atoms with van der Waals surface area (Å²) in [6.45, 7) is 2.51. The van der Waals surface area contributed by atoms with Gasteiger partial charge in [0.05, 0.1) is 11.3 Å². The van der Waals surface area contributed by atoms with Crippen LogP contribution in [-0.4, -0.2) is 33.2 Å². The molecular formula is C11H16ClN3O3S. The Hall–Kier alpha value is -1.31. The molecular weight excluding hydrogens is 290 g/mol. The summed E-state index contributed by atoms with van der Waals surface area (Å²) in [4.78, 5) is 11.9. The molecule has 0 fully saturated rings. The van der Waals surface area contributed by atoms with E-state index >= 15 is 0 Å². The molecule has 0 aliphatic heterocycles. The van der Waals surface area contributed by atoms with Crippen LogP contribution in [0.1, 0.15) is 17.3 Å². The van der Waals surface area contributed by atoms with Gasteiger partial charge in [-0.3, -0.25) is 4.79 Å². The van der Waals surface area contributed by atoms with E-state index in [-0.39, 0.29) is 12.3 Å². The van der Waals surface area contributed by atoms with Gasteiger partial charge < -0.3 is 10.6 Å². The van der Waals surface area contributed by atoms with Crippen molar-refractivity contribution in [2.75, 3.05) is 24.2 Å². The monoisotopic (exact) mass is 305 g/mol. The highest BCUT2D eigenvalue weighted by Gasteiger charge is 2.12. The minimum atomic E-state index is -3.59. The van der Waals surface area contributed by atoms with Crippen LogP contribution < -0.4 is 15.8 Å². The summed E-state index contributed by atoms with van der Waals surface area (Å²) in [6, 6.07) is 4.88. The minimum absolute atomic E-state index is 0.0459. The average Bonchev–Trinajstić information content (AvgIpc) is 2.30. The highest BCUT2D eigenvalue weighted by molar-refractivity contribution is 7.89. The van der Waals surface area contributed by atoms with Crippen molar-refractivity contribution in [2.24, 2.45) is 5.14 Å². The fourth-order valence-electron chi connectivity index (χ4n) is 1.45. The molecule has 6 nitrogen and oxygen atoms in total. The average molecular weight is 306 g/mol. The zero-order valence-corrected chi connectivity index (χ0v) is 12.0. The lowest BCUT2D eigenvalue weighted by molar-refractivity contribution is 0.0957. The number of benzene rings is 1. The van der Waals surface area contributed by atoms with E-state index in [9.17, 15) is 13.2 Å². The number of primary sulfonamides is 1. The van der Waals surface area contributed by atoms with E-state index in [1.165, 1.54) is 6.07 Å². The van der Waals surface area contributed by atoms with Crippen LogP contribution in [0, 0.1) is 0 Å². The number of carbonyl (C=O) groups excluding carboxylic acids is 1. The van der Waals surface area contributed by atoms with Gasteiger partial charge in [0.1, 0.15) is 0 Å². The molecule has 0 aliphatic carbocycles. The lowest BCUT2D eigenvalue weighted by atomic mass is 10.1. The van der Waals surface area contributed by atoms with Gasteiger partial charge in [-0.2, -0.15) is 0 Å². The predicted octanol–water partition coefficient (Wildman–Crippen LogP) is 0.790. The molecule has 0 bridgehead atoms. The van der Waals surface area contributed by atoms with Crippen LogP contribution in [-0.2, 0) is 10.0 Å². The van der Waals surface area contributed by atoms with E-state index in [4.69, 9.17) is 16.7 Å². The summed E-state index contributed by atoms with van der Waals surface area (Å²) in [6.07, 6.45) is 0. The van der Waals surface area contributed by atoms with Crippen LogP contribution in [0.3, 0.4) is 0 Å². The Balaban J connectivity index is 2.78. The number of anilines is 1. The number of nitrogens with two attached hydrogens (primary N) is 1. The molecule has 0 atom stereocenters. The first kappa shape index (κ1) is 15.7. The zero-order chi connectivity index (χ0) is 14.5. The SMILES string of the molecule is CCNc1ccc(Cl)cc1C(=O)NCCS(N)(=O)=O. The summed E-state index contributed by atoms with van der Waals surface area (Å²) in [5.41, 5.74) is 1.00. The molecule has 0 saturated carbocycles. The molecule has 0 aromatic heterocycles. The quantitative estimate of drug-likeness (QED) is 0.723. The van der Waals surface area contributed by atoms with Crippen molar-refractivity contribution in [1.82, 2.24) is 5.32 Å². The number of halogens is 1. The smallest absolute Gasteiger partial charge is 0.253 e. The van der Waals surface area contributed by atoms with Crippen molar-refractivity contribution in [3.63, 3.8) is 0 Å². The number of amides is 1. The Kier molecular flexibility index (Phi) is 5.59. The molecule has 0 spiro atoms. The molecule has 1 aromatic carbocycles. The van der Waals surface area contributed by atoms with Crippen molar-refractivity contribution in [2.45, 2.75) is 6.92 Å². The maximum Gasteiger partial charge on any atom is 0.253 e. The molecule has 1 amide bonds. The molecule has 1 rings (SSSR count). The molecule has 0 heterocycles. The van der Waals surface area contributed by atoms with Crippen molar-refractivity contribution in [1.29, 1.82) is 0 Å². The van der Waals surface area contributed by atoms with Gasteiger partial charge in [0.2, 0.25) is 10.0 Å². The van der Waals surface area contributed by atoms with Crippen molar-refractivity contribution < 1.29 is 13.2 Å². The van der Waals surface area contributed by atoms with Crippen LogP contribution in [0.2, 0.25) is 5.02 Å². The Bertz CT molecular complexity index is 560. The van der Waals surface area contributed by atoms with E-state index in [1.54, 1.807) is 12.1 Å². The molecule has 0 aliphatic rings. The second kappa shape index (κ2) is 6.74. The minimum Gasteiger partial charge on any atom is -0.385 e. The standard InChI is InChI=1S/C11H16ClN3O3S/c1-2-14-10-4-3-8(12)7-9(10)11(16)15-5-6-19(13,17)18/h3-4,7,14H,2,5-6H2,1H3,(H,15,16)(H2,13,17,18). The van der Waals surface area contributed by atoms with Crippen LogP contribution in [0.5, 0.6) is 0 Å². The van der Waals surface area contributed by atoms with Crippen molar-refractivity contribution >= 4 is 33.2 Å². The second-order valence-electron chi connectivity index (χ2n) is 3.84. The van der Waals surface area contributed by atoms with Crippen LogP contribution in [0.25, 0.3) is 0 Å². The highest BCUT2D eigenvalue weighted by atomic mass is 35.5. The maximum atomic E-state index is 11.9. The normalized spacial score (nSPS) is 11.1. The largest absolute Gasteiger partial charge is 0.385 e. The highest BCUT2D eigenvalue weighted by Crippen LogP contribution is 2.20. The Labute approximate surface area is 117 Å². The van der Waals surface area contributed by atoms with Gasteiger partial charge in [-0.05, 0) is 25.1 Å². The topological polar surface area (TPSA) is 101 Å². The molecule has 1 aromatic rings. The van der Waals surface area contributed by atoms with E-state index in [1.807, 2.05) is 6.92 Å². The van der Waals surface area contributed by atoms with Crippen molar-refractivity contribution in [3.8, 4) is 0 Å². The van der Waals surface area contributed by atoms with Gasteiger partial charge in [0.15, 0.2) is 0 Å². The molecule has 106 valence electrons. The second-order valence-corrected chi connectivity index (χ2v) is 6.01. The molecule has 19 heavy (non-hydrogen) atoms. The first-order chi connectivity index (χ1) is 8.83. The third-order valence-electron chi connectivity index (χ3n) is 2.27. The Morgan fingerprint density at radius 2 is 2.11 bits per heavy atom. The number of sulfonamides is 1. The van der Waals surface area contributed by atoms with E-state index < -0.39 is 15.9 Å². The Morgan fingerprint density at radius 1 is 1.42 bits per heavy atom. The van der Waals surface area contributed by atoms with Crippen molar-refractivity contribution in [3.05, 3.63) is 28.8 Å². The van der Waals surface area contributed by atoms with Gasteiger partial charge in [-0.25, -0.2) is 13.6 Å². The number of rotatable bonds is 6. The molecule has 0 radical (unpaired) electrons. The summed E-state index contributed by atoms with van der Waals surface area (Å²) >= 11 is 5.84. The molecule has 8 heteroatoms. The summed E-state index contributed by atoms with van der Waals surface area (Å²) in [5.74, 6) is -0.711. The first-order valence-corrected chi connectivity index (χ1v) is 7.75. The third-order valence-corrected chi connectivity index (χ3v) is 3.27. The van der Waals surface area contributed by atoms with Gasteiger partial charge in [-0.15, -0.1) is 0 Å². The zero-order valence-electron chi connectivity index (χ0n) is 10.4. The van der Waals surface area contributed by atoms with E-state index in [2.05, 4.69) is 10.6 Å². The number of hydrogen-bond acceptors (Lipinski definition) is 4. The fourth-order valence-corrected chi connectivity index (χ4v) is 2.01. The molecule has 0 unspecified atom stereocenters. The van der Waals surface area contributed by atoms with Crippen LogP contribution in [0.15, 0.2) is 18.2 Å². The number of carbonyl (C=O) groups is 1. The van der Waals surface area contributed by atoms with Gasteiger partial charge in [-0.1, -0.05) is 11.6 Å². The summed E-state index contributed by atoms with van der Waals surface area (Å²) < 4.78 is 21.5. The lowest BCUT2D eigenvalue weighted by Gasteiger charge is -2.11. The predicted molar refractivity (Wildman–Crippen MR) is 75.9 cm³/mol. The van der Waals surface area contributed by atoms with E-state index in [0.717, 1.165) is 0 Å². The molecule has 0 saturated heterocycles. The number of nitrogens with one attached hydrogen (secondary N) is 2. The van der Waals surface area contributed by atoms with Crippen LogP contribution in [0.4, 0.5) is 5.69 Å². The molecule has 4 N–H and O–H groups in total. The van der Waals surface area contributed by atoms with E-state index in [0.29, 0.717) is 22.8 Å². The summed E-state index contributed by atoms with van der Waals surface area (Å²) in [5, 5.41) is 10.8. The fraction of sp³-hybridized carbons (Fsp3) is 0.364. The lowest BCUT2D eigenvalue weighted by Crippen LogP contribution is -2.31. The van der Waals surface area contributed by atoms with Gasteiger partial charge in [0, 0.05) is 23.8 Å². The maximum absolute atomic E-state index is 11.9. The van der Waals surface area contributed by atoms with Gasteiger partial charge >= 0.3 is 0 Å². The van der Waals surface area contributed by atoms with Gasteiger partial charge in [0.25, 0.3) is 5.91 Å².